The predicted molar refractivity (Wildman–Crippen MR) is 133 cm³/mol. The molecule has 33 heavy (non-hydrogen) atoms. The predicted octanol–water partition coefficient (Wildman–Crippen LogP) is 4.43. The average molecular weight is 453 g/mol. The van der Waals surface area contributed by atoms with Gasteiger partial charge in [-0.15, -0.1) is 0 Å². The Labute approximate surface area is 198 Å². The molecule has 2 saturated heterocycles. The lowest BCUT2D eigenvalue weighted by Gasteiger charge is -2.35. The van der Waals surface area contributed by atoms with E-state index in [0.29, 0.717) is 24.7 Å². The van der Waals surface area contributed by atoms with E-state index in [-0.39, 0.29) is 17.7 Å². The highest BCUT2D eigenvalue weighted by atomic mass is 16.2. The minimum atomic E-state index is -0.00583. The molecular formula is C27H40N4O2. The molecule has 6 heteroatoms. The maximum absolute atomic E-state index is 12.9. The molecule has 2 aromatic rings. The van der Waals surface area contributed by atoms with Crippen LogP contribution in [-0.4, -0.2) is 65.4 Å². The number of hydrogen-bond acceptors (Lipinski definition) is 3. The Balaban J connectivity index is 1.19. The standard InChI is InChI=1S/C27H40N4O2/c1-3-23-10-6-7-15-30(23)16-8-14-28-26(32)20(2)21-12-17-31(18-13-21)27(33)25-19-22-9-4-5-11-24(22)29-25/h4-5,9,11,19-21,23,29H,3,6-8,10,12-18H2,1-2H3,(H,28,32)/t20-,23+/m0/s1. The van der Waals surface area contributed by atoms with Gasteiger partial charge < -0.3 is 20.1 Å². The zero-order chi connectivity index (χ0) is 23.2. The van der Waals surface area contributed by atoms with E-state index in [1.165, 1.54) is 32.2 Å². The Hall–Kier alpha value is -2.34. The number of piperidine rings is 2. The lowest BCUT2D eigenvalue weighted by atomic mass is 9.84. The van der Waals surface area contributed by atoms with Crippen LogP contribution in [0.1, 0.15) is 69.3 Å². The van der Waals surface area contributed by atoms with E-state index in [1.807, 2.05) is 42.2 Å². The van der Waals surface area contributed by atoms with Crippen LogP contribution in [-0.2, 0) is 4.79 Å². The fourth-order valence-corrected chi connectivity index (χ4v) is 5.65. The number of H-pyrrole nitrogens is 1. The van der Waals surface area contributed by atoms with Crippen LogP contribution >= 0.6 is 0 Å². The van der Waals surface area contributed by atoms with Gasteiger partial charge in [-0.1, -0.05) is 38.5 Å². The largest absolute Gasteiger partial charge is 0.356 e. The Kier molecular flexibility index (Phi) is 8.07. The van der Waals surface area contributed by atoms with E-state index in [0.717, 1.165) is 49.3 Å². The summed E-state index contributed by atoms with van der Waals surface area (Å²) in [6.07, 6.45) is 7.99. The van der Waals surface area contributed by atoms with Crippen molar-refractivity contribution < 1.29 is 9.59 Å². The Bertz CT molecular complexity index is 898. The Morgan fingerprint density at radius 2 is 1.91 bits per heavy atom. The lowest BCUT2D eigenvalue weighted by molar-refractivity contribution is -0.126. The molecule has 2 aliphatic rings. The summed E-state index contributed by atoms with van der Waals surface area (Å²) in [5.74, 6) is 0.558. The molecule has 1 aromatic carbocycles. The van der Waals surface area contributed by atoms with Crippen molar-refractivity contribution in [3.8, 4) is 0 Å². The number of fused-ring (bicyclic) bond motifs is 1. The van der Waals surface area contributed by atoms with Crippen molar-refractivity contribution in [1.82, 2.24) is 20.1 Å². The van der Waals surface area contributed by atoms with Crippen LogP contribution in [0, 0.1) is 11.8 Å². The van der Waals surface area contributed by atoms with E-state index in [4.69, 9.17) is 0 Å². The summed E-state index contributed by atoms with van der Waals surface area (Å²) in [6.45, 7) is 8.81. The number of aromatic nitrogens is 1. The molecule has 2 aliphatic heterocycles. The summed E-state index contributed by atoms with van der Waals surface area (Å²) < 4.78 is 0. The zero-order valence-electron chi connectivity index (χ0n) is 20.3. The van der Waals surface area contributed by atoms with Crippen LogP contribution < -0.4 is 5.32 Å². The maximum Gasteiger partial charge on any atom is 0.270 e. The fraction of sp³-hybridized carbons (Fsp3) is 0.630. The number of para-hydroxylation sites is 1. The average Bonchev–Trinajstić information content (AvgIpc) is 3.30. The second-order valence-corrected chi connectivity index (χ2v) is 9.93. The molecule has 0 saturated carbocycles. The maximum atomic E-state index is 12.9. The molecule has 2 atom stereocenters. The Morgan fingerprint density at radius 3 is 2.67 bits per heavy atom. The van der Waals surface area contributed by atoms with E-state index < -0.39 is 0 Å². The van der Waals surface area contributed by atoms with Crippen molar-refractivity contribution >= 4 is 22.7 Å². The van der Waals surface area contributed by atoms with Crippen LogP contribution in [0.3, 0.4) is 0 Å². The third-order valence-electron chi connectivity index (χ3n) is 7.85. The summed E-state index contributed by atoms with van der Waals surface area (Å²) in [5, 5.41) is 4.24. The summed E-state index contributed by atoms with van der Waals surface area (Å²) in [7, 11) is 0. The number of hydrogen-bond donors (Lipinski definition) is 2. The monoisotopic (exact) mass is 452 g/mol. The fourth-order valence-electron chi connectivity index (χ4n) is 5.65. The number of nitrogens with zero attached hydrogens (tertiary/aromatic N) is 2. The molecule has 0 radical (unpaired) electrons. The molecule has 2 N–H and O–H groups in total. The zero-order valence-corrected chi connectivity index (χ0v) is 20.3. The number of carbonyl (C=O) groups is 2. The van der Waals surface area contributed by atoms with Gasteiger partial charge in [-0.05, 0) is 63.1 Å². The van der Waals surface area contributed by atoms with Gasteiger partial charge in [0.05, 0.1) is 0 Å². The van der Waals surface area contributed by atoms with Gasteiger partial charge in [0.1, 0.15) is 5.69 Å². The number of likely N-dealkylation sites (tertiary alicyclic amines) is 2. The van der Waals surface area contributed by atoms with Crippen molar-refractivity contribution in [2.75, 3.05) is 32.7 Å². The van der Waals surface area contributed by atoms with Crippen LogP contribution in [0.15, 0.2) is 30.3 Å². The van der Waals surface area contributed by atoms with Gasteiger partial charge >= 0.3 is 0 Å². The highest BCUT2D eigenvalue weighted by Crippen LogP contribution is 2.27. The van der Waals surface area contributed by atoms with E-state index in [9.17, 15) is 9.59 Å². The molecule has 0 bridgehead atoms. The SMILES string of the molecule is CC[C@@H]1CCCCN1CCCNC(=O)[C@@H](C)C1CCN(C(=O)c2cc3ccccc3[nH]2)CC1. The van der Waals surface area contributed by atoms with E-state index in [2.05, 4.69) is 22.1 Å². The van der Waals surface area contributed by atoms with Crippen molar-refractivity contribution in [1.29, 1.82) is 0 Å². The minimum absolute atomic E-state index is 0.00583. The van der Waals surface area contributed by atoms with E-state index >= 15 is 0 Å². The highest BCUT2D eigenvalue weighted by molar-refractivity contribution is 5.98. The van der Waals surface area contributed by atoms with Crippen molar-refractivity contribution in [2.45, 2.75) is 64.8 Å². The molecule has 0 spiro atoms. The number of aromatic amines is 1. The molecule has 2 amide bonds. The lowest BCUT2D eigenvalue weighted by Crippen LogP contribution is -2.43. The molecular weight excluding hydrogens is 412 g/mol. The van der Waals surface area contributed by atoms with E-state index in [1.54, 1.807) is 0 Å². The van der Waals surface area contributed by atoms with Crippen LogP contribution in [0.25, 0.3) is 10.9 Å². The van der Waals surface area contributed by atoms with Gasteiger partial charge in [0.2, 0.25) is 5.91 Å². The van der Waals surface area contributed by atoms with Crippen molar-refractivity contribution in [3.63, 3.8) is 0 Å². The molecule has 2 fully saturated rings. The molecule has 0 aliphatic carbocycles. The van der Waals surface area contributed by atoms with Crippen molar-refractivity contribution in [3.05, 3.63) is 36.0 Å². The highest BCUT2D eigenvalue weighted by Gasteiger charge is 2.30. The summed E-state index contributed by atoms with van der Waals surface area (Å²) in [5.41, 5.74) is 1.64. The number of rotatable bonds is 8. The summed E-state index contributed by atoms with van der Waals surface area (Å²) in [4.78, 5) is 33.5. The van der Waals surface area contributed by atoms with Gasteiger partial charge in [-0.2, -0.15) is 0 Å². The normalized spacial score (nSPS) is 21.3. The van der Waals surface area contributed by atoms with Gasteiger partial charge in [0.15, 0.2) is 0 Å². The quantitative estimate of drug-likeness (QED) is 0.583. The first kappa shape index (κ1) is 23.8. The first-order chi connectivity index (χ1) is 16.1. The second kappa shape index (κ2) is 11.2. The van der Waals surface area contributed by atoms with Crippen molar-refractivity contribution in [2.24, 2.45) is 11.8 Å². The number of carbonyl (C=O) groups excluding carboxylic acids is 2. The molecule has 180 valence electrons. The molecule has 0 unspecified atom stereocenters. The first-order valence-corrected chi connectivity index (χ1v) is 13.0. The number of benzene rings is 1. The first-order valence-electron chi connectivity index (χ1n) is 13.0. The molecule has 4 rings (SSSR count). The number of amides is 2. The van der Waals surface area contributed by atoms with Gasteiger partial charge in [-0.3, -0.25) is 9.59 Å². The summed E-state index contributed by atoms with van der Waals surface area (Å²) >= 11 is 0. The smallest absolute Gasteiger partial charge is 0.270 e. The van der Waals surface area contributed by atoms with Gasteiger partial charge in [-0.25, -0.2) is 0 Å². The molecule has 3 heterocycles. The van der Waals surface area contributed by atoms with Crippen LogP contribution in [0.4, 0.5) is 0 Å². The van der Waals surface area contributed by atoms with Crippen LogP contribution in [0.5, 0.6) is 0 Å². The Morgan fingerprint density at radius 1 is 1.12 bits per heavy atom. The van der Waals surface area contributed by atoms with Crippen LogP contribution in [0.2, 0.25) is 0 Å². The third-order valence-corrected chi connectivity index (χ3v) is 7.85. The topological polar surface area (TPSA) is 68.4 Å². The minimum Gasteiger partial charge on any atom is -0.356 e. The molecule has 6 nitrogen and oxygen atoms in total. The van der Waals surface area contributed by atoms with Gasteiger partial charge in [0.25, 0.3) is 5.91 Å². The van der Waals surface area contributed by atoms with Gasteiger partial charge in [0, 0.05) is 49.0 Å². The third kappa shape index (κ3) is 5.78. The second-order valence-electron chi connectivity index (χ2n) is 9.93. The number of nitrogens with one attached hydrogen (secondary N) is 2. The molecule has 1 aromatic heterocycles. The summed E-state index contributed by atoms with van der Waals surface area (Å²) in [6, 6.07) is 10.6.